The van der Waals surface area contributed by atoms with Crippen molar-refractivity contribution in [2.75, 3.05) is 32.8 Å². The summed E-state index contributed by atoms with van der Waals surface area (Å²) < 4.78 is 5.03. The van der Waals surface area contributed by atoms with Crippen LogP contribution >= 0.6 is 0 Å². The number of carboxylic acids is 1. The van der Waals surface area contributed by atoms with Gasteiger partial charge >= 0.3 is 5.97 Å². The fourth-order valence-electron chi connectivity index (χ4n) is 1.51. The first-order valence-corrected chi connectivity index (χ1v) is 5.34. The number of rotatable bonds is 5. The van der Waals surface area contributed by atoms with Gasteiger partial charge in [0.15, 0.2) is 6.10 Å². The molecule has 0 aromatic heterocycles. The predicted molar refractivity (Wildman–Crippen MR) is 57.1 cm³/mol. The van der Waals surface area contributed by atoms with E-state index in [1.807, 2.05) is 6.07 Å². The largest absolute Gasteiger partial charge is 0.479 e. The van der Waals surface area contributed by atoms with Crippen LogP contribution in [0.2, 0.25) is 0 Å². The minimum absolute atomic E-state index is 0.137. The van der Waals surface area contributed by atoms with Gasteiger partial charge < -0.3 is 15.2 Å². The first kappa shape index (κ1) is 13.4. The maximum Gasteiger partial charge on any atom is 0.334 e. The Hall–Kier alpha value is -1.65. The van der Waals surface area contributed by atoms with Crippen LogP contribution in [0.15, 0.2) is 0 Å². The number of hydrogen-bond acceptors (Lipinski definition) is 5. The van der Waals surface area contributed by atoms with Crippen molar-refractivity contribution in [2.24, 2.45) is 0 Å². The Morgan fingerprint density at radius 1 is 1.59 bits per heavy atom. The summed E-state index contributed by atoms with van der Waals surface area (Å²) in [7, 11) is 0. The molecule has 1 fully saturated rings. The highest BCUT2D eigenvalue weighted by Crippen LogP contribution is 2.04. The van der Waals surface area contributed by atoms with Crippen LogP contribution in [0.3, 0.4) is 0 Å². The lowest BCUT2D eigenvalue weighted by atomic mass is 10.2. The third-order valence-corrected chi connectivity index (χ3v) is 2.35. The van der Waals surface area contributed by atoms with E-state index in [0.29, 0.717) is 19.7 Å². The smallest absolute Gasteiger partial charge is 0.334 e. The first-order chi connectivity index (χ1) is 8.13. The second-order valence-corrected chi connectivity index (χ2v) is 3.69. The van der Waals surface area contributed by atoms with E-state index in [2.05, 4.69) is 5.32 Å². The van der Waals surface area contributed by atoms with Crippen molar-refractivity contribution >= 4 is 11.9 Å². The minimum atomic E-state index is -1.01. The van der Waals surface area contributed by atoms with E-state index in [1.165, 1.54) is 0 Å². The van der Waals surface area contributed by atoms with Crippen LogP contribution in [0.4, 0.5) is 0 Å². The standard InChI is InChI=1S/C10H15N3O4/c11-2-1-3-12-9(14)7-13-4-5-17-8(6-13)10(15)16/h8H,1,3-7H2,(H,12,14)(H,15,16). The minimum Gasteiger partial charge on any atom is -0.479 e. The van der Waals surface area contributed by atoms with Crippen molar-refractivity contribution in [1.29, 1.82) is 5.26 Å². The molecule has 0 spiro atoms. The molecule has 1 unspecified atom stereocenters. The highest BCUT2D eigenvalue weighted by Gasteiger charge is 2.26. The summed E-state index contributed by atoms with van der Waals surface area (Å²) in [6, 6.07) is 1.92. The fraction of sp³-hybridized carbons (Fsp3) is 0.700. The Kier molecular flexibility index (Phi) is 5.39. The molecule has 7 heteroatoms. The van der Waals surface area contributed by atoms with Gasteiger partial charge in [0, 0.05) is 19.6 Å². The van der Waals surface area contributed by atoms with Crippen LogP contribution in [0.25, 0.3) is 0 Å². The third-order valence-electron chi connectivity index (χ3n) is 2.35. The zero-order valence-electron chi connectivity index (χ0n) is 9.39. The summed E-state index contributed by atoms with van der Waals surface area (Å²) in [6.45, 7) is 1.51. The second-order valence-electron chi connectivity index (χ2n) is 3.69. The summed E-state index contributed by atoms with van der Waals surface area (Å²) >= 11 is 0. The van der Waals surface area contributed by atoms with Crippen molar-refractivity contribution in [3.05, 3.63) is 0 Å². The van der Waals surface area contributed by atoms with Gasteiger partial charge in [-0.25, -0.2) is 4.79 Å². The topological polar surface area (TPSA) is 103 Å². The number of nitrogens with one attached hydrogen (secondary N) is 1. The van der Waals surface area contributed by atoms with Gasteiger partial charge in [0.1, 0.15) is 0 Å². The molecule has 0 aromatic carbocycles. The van der Waals surface area contributed by atoms with Gasteiger partial charge in [-0.15, -0.1) is 0 Å². The lowest BCUT2D eigenvalue weighted by Gasteiger charge is -2.30. The van der Waals surface area contributed by atoms with Crippen LogP contribution in [0, 0.1) is 11.3 Å². The number of ether oxygens (including phenoxy) is 1. The molecule has 1 aliphatic heterocycles. The number of morpholine rings is 1. The number of carboxylic acid groups (broad SMARTS) is 1. The van der Waals surface area contributed by atoms with Crippen molar-refractivity contribution < 1.29 is 19.4 Å². The Morgan fingerprint density at radius 2 is 2.35 bits per heavy atom. The predicted octanol–water partition coefficient (Wildman–Crippen LogP) is -1.20. The number of nitriles is 1. The molecule has 0 radical (unpaired) electrons. The Morgan fingerprint density at radius 3 is 3.00 bits per heavy atom. The van der Waals surface area contributed by atoms with E-state index >= 15 is 0 Å². The number of carbonyl (C=O) groups excluding carboxylic acids is 1. The SMILES string of the molecule is N#CCCNC(=O)CN1CCOC(C(=O)O)C1. The van der Waals surface area contributed by atoms with E-state index in [-0.39, 0.29) is 25.4 Å². The van der Waals surface area contributed by atoms with Crippen LogP contribution in [0.1, 0.15) is 6.42 Å². The summed E-state index contributed by atoms with van der Waals surface area (Å²) in [5, 5.41) is 19.7. The molecule has 1 amide bonds. The van der Waals surface area contributed by atoms with E-state index in [4.69, 9.17) is 15.1 Å². The zero-order valence-corrected chi connectivity index (χ0v) is 9.39. The molecule has 1 heterocycles. The summed E-state index contributed by atoms with van der Waals surface area (Å²) in [4.78, 5) is 23.8. The molecule has 1 rings (SSSR count). The summed E-state index contributed by atoms with van der Waals surface area (Å²) in [6.07, 6.45) is -0.595. The maximum atomic E-state index is 11.4. The number of hydrogen-bond donors (Lipinski definition) is 2. The molecule has 7 nitrogen and oxygen atoms in total. The molecule has 17 heavy (non-hydrogen) atoms. The molecule has 0 bridgehead atoms. The quantitative estimate of drug-likeness (QED) is 0.586. The Labute approximate surface area is 99.0 Å². The van der Waals surface area contributed by atoms with Gasteiger partial charge in [0.25, 0.3) is 0 Å². The molecule has 0 saturated carbocycles. The molecule has 94 valence electrons. The zero-order chi connectivity index (χ0) is 12.7. The second kappa shape index (κ2) is 6.83. The summed E-state index contributed by atoms with van der Waals surface area (Å²) in [5.41, 5.74) is 0. The van der Waals surface area contributed by atoms with Crippen LogP contribution in [-0.4, -0.2) is 60.8 Å². The van der Waals surface area contributed by atoms with Crippen molar-refractivity contribution in [3.63, 3.8) is 0 Å². The number of aliphatic carboxylic acids is 1. The molecular weight excluding hydrogens is 226 g/mol. The lowest BCUT2D eigenvalue weighted by Crippen LogP contribution is -2.49. The molecule has 1 atom stereocenters. The van der Waals surface area contributed by atoms with E-state index in [9.17, 15) is 9.59 Å². The highest BCUT2D eigenvalue weighted by atomic mass is 16.5. The number of amides is 1. The molecular formula is C10H15N3O4. The maximum absolute atomic E-state index is 11.4. The van der Waals surface area contributed by atoms with Crippen molar-refractivity contribution in [3.8, 4) is 6.07 Å². The molecule has 1 saturated heterocycles. The third kappa shape index (κ3) is 4.80. The van der Waals surface area contributed by atoms with Gasteiger partial charge in [0.05, 0.1) is 25.6 Å². The van der Waals surface area contributed by atoms with Crippen LogP contribution in [-0.2, 0) is 14.3 Å². The number of nitrogens with zero attached hydrogens (tertiary/aromatic N) is 2. The normalized spacial score (nSPS) is 20.5. The fourth-order valence-corrected chi connectivity index (χ4v) is 1.51. The Bertz CT molecular complexity index is 326. The molecule has 1 aliphatic rings. The van der Waals surface area contributed by atoms with Crippen molar-refractivity contribution in [1.82, 2.24) is 10.2 Å². The summed E-state index contributed by atoms with van der Waals surface area (Å²) in [5.74, 6) is -1.22. The molecule has 0 aromatic rings. The van der Waals surface area contributed by atoms with E-state index in [1.54, 1.807) is 4.90 Å². The van der Waals surface area contributed by atoms with Gasteiger partial charge in [0.2, 0.25) is 5.91 Å². The van der Waals surface area contributed by atoms with Crippen LogP contribution in [0.5, 0.6) is 0 Å². The first-order valence-electron chi connectivity index (χ1n) is 5.34. The monoisotopic (exact) mass is 241 g/mol. The van der Waals surface area contributed by atoms with Gasteiger partial charge in [-0.1, -0.05) is 0 Å². The average Bonchev–Trinajstić information content (AvgIpc) is 2.29. The molecule has 2 N–H and O–H groups in total. The van der Waals surface area contributed by atoms with Gasteiger partial charge in [-0.2, -0.15) is 5.26 Å². The lowest BCUT2D eigenvalue weighted by molar-refractivity contribution is -0.156. The Balaban J connectivity index is 2.28. The average molecular weight is 241 g/mol. The van der Waals surface area contributed by atoms with Gasteiger partial charge in [-0.05, 0) is 0 Å². The van der Waals surface area contributed by atoms with Gasteiger partial charge in [-0.3, -0.25) is 9.69 Å². The van der Waals surface area contributed by atoms with E-state index < -0.39 is 12.1 Å². The van der Waals surface area contributed by atoms with E-state index in [0.717, 1.165) is 0 Å². The molecule has 0 aliphatic carbocycles. The van der Waals surface area contributed by atoms with Crippen LogP contribution < -0.4 is 5.32 Å². The highest BCUT2D eigenvalue weighted by molar-refractivity contribution is 5.78. The number of carbonyl (C=O) groups is 2. The van der Waals surface area contributed by atoms with Crippen molar-refractivity contribution in [2.45, 2.75) is 12.5 Å².